The zero-order chi connectivity index (χ0) is 21.0. The van der Waals surface area contributed by atoms with Gasteiger partial charge in [0, 0.05) is 39.3 Å². The summed E-state index contributed by atoms with van der Waals surface area (Å²) in [4.78, 5) is 6.92. The van der Waals surface area contributed by atoms with E-state index >= 15 is 0 Å². The van der Waals surface area contributed by atoms with E-state index in [1.165, 1.54) is 11.1 Å². The molecule has 0 aromatic heterocycles. The van der Waals surface area contributed by atoms with Crippen LogP contribution in [0.1, 0.15) is 24.0 Å². The van der Waals surface area contributed by atoms with E-state index in [9.17, 15) is 0 Å². The molecule has 0 radical (unpaired) electrons. The average Bonchev–Trinajstić information content (AvgIpc) is 2.79. The highest BCUT2D eigenvalue weighted by Gasteiger charge is 2.19. The first-order valence-corrected chi connectivity index (χ1v) is 10.7. The fourth-order valence-electron chi connectivity index (χ4n) is 3.67. The third kappa shape index (κ3) is 8.80. The van der Waals surface area contributed by atoms with E-state index in [1.54, 1.807) is 0 Å². The van der Waals surface area contributed by atoms with E-state index in [0.717, 1.165) is 57.2 Å². The zero-order valence-electron chi connectivity index (χ0n) is 18.2. The minimum Gasteiger partial charge on any atom is -0.481 e. The van der Waals surface area contributed by atoms with Crippen LogP contribution in [-0.4, -0.2) is 50.2 Å². The Kier molecular flexibility index (Phi) is 11.3. The number of nitrogens with zero attached hydrogens (tertiary/aromatic N) is 2. The van der Waals surface area contributed by atoms with Crippen LogP contribution in [0.5, 0.6) is 5.75 Å². The topological polar surface area (TPSA) is 48.9 Å². The maximum atomic E-state index is 5.41. The Morgan fingerprint density at radius 1 is 1.10 bits per heavy atom. The Balaban J connectivity index is 0.00000341. The number of likely N-dealkylation sites (tertiary alicyclic amines) is 1. The van der Waals surface area contributed by atoms with Crippen LogP contribution in [0, 0.1) is 12.3 Å². The molecule has 6 heteroatoms. The summed E-state index contributed by atoms with van der Waals surface area (Å²) in [5.41, 5.74) is 2.64. The number of terminal acetylenes is 1. The van der Waals surface area contributed by atoms with Crippen molar-refractivity contribution in [3.63, 3.8) is 0 Å². The van der Waals surface area contributed by atoms with E-state index in [2.05, 4.69) is 68.9 Å². The van der Waals surface area contributed by atoms with Crippen LogP contribution in [0.3, 0.4) is 0 Å². The number of ether oxygens (including phenoxy) is 1. The maximum Gasteiger partial charge on any atom is 0.191 e. The van der Waals surface area contributed by atoms with Gasteiger partial charge in [0.05, 0.1) is 0 Å². The number of rotatable bonds is 8. The lowest BCUT2D eigenvalue weighted by Gasteiger charge is -2.33. The highest BCUT2D eigenvalue weighted by atomic mass is 127. The average molecular weight is 532 g/mol. The summed E-state index contributed by atoms with van der Waals surface area (Å²) in [6.07, 6.45) is 8.40. The van der Waals surface area contributed by atoms with Crippen molar-refractivity contribution < 1.29 is 4.74 Å². The number of nitrogens with one attached hydrogen (secondary N) is 2. The highest BCUT2D eigenvalue weighted by molar-refractivity contribution is 14.0. The fraction of sp³-hybridized carbons (Fsp3) is 0.400. The van der Waals surface area contributed by atoms with Gasteiger partial charge in [-0.1, -0.05) is 48.4 Å². The molecule has 5 nitrogen and oxygen atoms in total. The van der Waals surface area contributed by atoms with Crippen LogP contribution in [-0.2, 0) is 13.0 Å². The standard InChI is InChI=1S/C25H32N4O.HI/c1-3-19-30-24-11-9-21(10-12-24)13-16-27-25(26-2)28-23-14-17-29(18-15-23)20-22-7-5-4-6-8-22;/h1,4-12,23H,13-20H2,2H3,(H2,26,27,28);1H. The van der Waals surface area contributed by atoms with Crippen LogP contribution < -0.4 is 15.4 Å². The van der Waals surface area contributed by atoms with Gasteiger partial charge in [0.15, 0.2) is 5.96 Å². The van der Waals surface area contributed by atoms with Crippen LogP contribution in [0.15, 0.2) is 59.6 Å². The lowest BCUT2D eigenvalue weighted by atomic mass is 10.0. The normalized spacial score (nSPS) is 14.9. The molecule has 1 aliphatic rings. The number of guanidine groups is 1. The molecule has 1 fully saturated rings. The molecule has 31 heavy (non-hydrogen) atoms. The predicted octanol–water partition coefficient (Wildman–Crippen LogP) is 3.69. The molecule has 0 spiro atoms. The van der Waals surface area contributed by atoms with Crippen molar-refractivity contribution in [2.45, 2.75) is 31.8 Å². The van der Waals surface area contributed by atoms with E-state index in [-0.39, 0.29) is 24.0 Å². The molecule has 0 saturated carbocycles. The second-order valence-electron chi connectivity index (χ2n) is 7.57. The summed E-state index contributed by atoms with van der Waals surface area (Å²) in [5.74, 6) is 4.16. The highest BCUT2D eigenvalue weighted by Crippen LogP contribution is 2.14. The number of hydrogen-bond acceptors (Lipinski definition) is 3. The molecule has 2 N–H and O–H groups in total. The second-order valence-corrected chi connectivity index (χ2v) is 7.57. The van der Waals surface area contributed by atoms with Crippen molar-refractivity contribution in [3.05, 3.63) is 65.7 Å². The molecule has 0 bridgehead atoms. The Labute approximate surface area is 203 Å². The van der Waals surface area contributed by atoms with E-state index < -0.39 is 0 Å². The summed E-state index contributed by atoms with van der Waals surface area (Å²) in [6.45, 7) is 4.38. The second kappa shape index (κ2) is 13.9. The molecule has 0 atom stereocenters. The summed E-state index contributed by atoms with van der Waals surface area (Å²) < 4.78 is 5.41. The van der Waals surface area contributed by atoms with Crippen molar-refractivity contribution in [3.8, 4) is 18.1 Å². The van der Waals surface area contributed by atoms with E-state index in [0.29, 0.717) is 12.6 Å². The van der Waals surface area contributed by atoms with Crippen molar-refractivity contribution in [2.24, 2.45) is 4.99 Å². The van der Waals surface area contributed by atoms with Gasteiger partial charge in [0.2, 0.25) is 0 Å². The first-order chi connectivity index (χ1) is 14.8. The van der Waals surface area contributed by atoms with Gasteiger partial charge in [-0.05, 0) is 42.5 Å². The molecule has 1 heterocycles. The summed E-state index contributed by atoms with van der Waals surface area (Å²) >= 11 is 0. The van der Waals surface area contributed by atoms with Crippen LogP contribution in [0.2, 0.25) is 0 Å². The number of hydrogen-bond donors (Lipinski definition) is 2. The number of halogens is 1. The van der Waals surface area contributed by atoms with E-state index in [4.69, 9.17) is 11.2 Å². The van der Waals surface area contributed by atoms with Gasteiger partial charge in [-0.3, -0.25) is 9.89 Å². The third-order valence-corrected chi connectivity index (χ3v) is 5.35. The molecular formula is C25H33IN4O. The van der Waals surface area contributed by atoms with Crippen LogP contribution >= 0.6 is 24.0 Å². The monoisotopic (exact) mass is 532 g/mol. The Morgan fingerprint density at radius 3 is 2.45 bits per heavy atom. The fourth-order valence-corrected chi connectivity index (χ4v) is 3.67. The summed E-state index contributed by atoms with van der Waals surface area (Å²) in [6, 6.07) is 19.2. The molecule has 2 aromatic carbocycles. The predicted molar refractivity (Wildman–Crippen MR) is 139 cm³/mol. The van der Waals surface area contributed by atoms with Crippen molar-refractivity contribution >= 4 is 29.9 Å². The first kappa shape index (κ1) is 25.0. The quantitative estimate of drug-likeness (QED) is 0.236. The zero-order valence-corrected chi connectivity index (χ0v) is 20.5. The Morgan fingerprint density at radius 2 is 1.81 bits per heavy atom. The molecule has 1 aliphatic heterocycles. The van der Waals surface area contributed by atoms with Gasteiger partial charge in [0.1, 0.15) is 12.4 Å². The lowest BCUT2D eigenvalue weighted by molar-refractivity contribution is 0.198. The van der Waals surface area contributed by atoms with Crippen LogP contribution in [0.4, 0.5) is 0 Å². The summed E-state index contributed by atoms with van der Waals surface area (Å²) in [5, 5.41) is 7.01. The SMILES string of the molecule is C#CCOc1ccc(CCNC(=NC)NC2CCN(Cc3ccccc3)CC2)cc1.I. The van der Waals surface area contributed by atoms with Gasteiger partial charge in [-0.25, -0.2) is 0 Å². The van der Waals surface area contributed by atoms with Gasteiger partial charge in [-0.15, -0.1) is 30.4 Å². The van der Waals surface area contributed by atoms with E-state index in [1.807, 2.05) is 19.2 Å². The Hall–Kier alpha value is -2.24. The smallest absolute Gasteiger partial charge is 0.191 e. The van der Waals surface area contributed by atoms with Crippen LogP contribution in [0.25, 0.3) is 0 Å². The van der Waals surface area contributed by atoms with Gasteiger partial charge >= 0.3 is 0 Å². The van der Waals surface area contributed by atoms with Gasteiger partial charge in [0.25, 0.3) is 0 Å². The van der Waals surface area contributed by atoms with Crippen molar-refractivity contribution in [1.29, 1.82) is 0 Å². The number of benzene rings is 2. The van der Waals surface area contributed by atoms with Gasteiger partial charge < -0.3 is 15.4 Å². The molecule has 0 aliphatic carbocycles. The molecule has 1 saturated heterocycles. The first-order valence-electron chi connectivity index (χ1n) is 10.7. The minimum atomic E-state index is 0. The molecule has 166 valence electrons. The molecule has 3 rings (SSSR count). The molecule has 0 unspecified atom stereocenters. The largest absolute Gasteiger partial charge is 0.481 e. The van der Waals surface area contributed by atoms with Gasteiger partial charge in [-0.2, -0.15) is 0 Å². The van der Waals surface area contributed by atoms with Crippen molar-refractivity contribution in [2.75, 3.05) is 33.3 Å². The minimum absolute atomic E-state index is 0. The number of aliphatic imine (C=N–C) groups is 1. The molecule has 0 amide bonds. The van der Waals surface area contributed by atoms with Crippen molar-refractivity contribution in [1.82, 2.24) is 15.5 Å². The number of piperidine rings is 1. The molecule has 2 aromatic rings. The summed E-state index contributed by atoms with van der Waals surface area (Å²) in [7, 11) is 1.83. The lowest BCUT2D eigenvalue weighted by Crippen LogP contribution is -2.48. The molecular weight excluding hydrogens is 499 g/mol. The third-order valence-electron chi connectivity index (χ3n) is 5.35. The Bertz CT molecular complexity index is 825. The maximum absolute atomic E-state index is 5.41.